The minimum absolute atomic E-state index is 0.509. The van der Waals surface area contributed by atoms with Gasteiger partial charge in [0.2, 0.25) is 5.88 Å². The molecule has 1 N–H and O–H groups in total. The van der Waals surface area contributed by atoms with Crippen LogP contribution < -0.4 is 10.1 Å². The molecule has 0 saturated heterocycles. The summed E-state index contributed by atoms with van der Waals surface area (Å²) in [5.74, 6) is 0.107. The van der Waals surface area contributed by atoms with Gasteiger partial charge in [-0.1, -0.05) is 6.07 Å². The van der Waals surface area contributed by atoms with Crippen LogP contribution in [0.1, 0.15) is 12.5 Å². The van der Waals surface area contributed by atoms with Crippen LogP contribution in [-0.2, 0) is 6.42 Å². The van der Waals surface area contributed by atoms with Crippen molar-refractivity contribution >= 4 is 5.82 Å². The Morgan fingerprint density at radius 2 is 1.90 bits per heavy atom. The molecular weight excluding hydrogens is 262 g/mol. The first kappa shape index (κ1) is 14.2. The highest BCUT2D eigenvalue weighted by Crippen LogP contribution is 2.12. The van der Waals surface area contributed by atoms with Crippen LogP contribution in [0.3, 0.4) is 0 Å². The average molecular weight is 278 g/mol. The summed E-state index contributed by atoms with van der Waals surface area (Å²) >= 11 is 0. The zero-order valence-corrected chi connectivity index (χ0v) is 11.2. The van der Waals surface area contributed by atoms with Gasteiger partial charge in [0, 0.05) is 18.7 Å². The summed E-state index contributed by atoms with van der Waals surface area (Å²) < 4.78 is 31.3. The summed E-state index contributed by atoms with van der Waals surface area (Å²) in [6.07, 6.45) is 0.509. The van der Waals surface area contributed by atoms with Crippen LogP contribution in [0.25, 0.3) is 0 Å². The lowest BCUT2D eigenvalue weighted by atomic mass is 10.1. The van der Waals surface area contributed by atoms with Crippen LogP contribution in [0.2, 0.25) is 0 Å². The van der Waals surface area contributed by atoms with E-state index >= 15 is 0 Å². The standard InChI is InChI=1S/C15H16F2N2O/c1-2-20-15-5-3-4-14(19-15)18-7-6-11-8-12(16)10-13(17)9-11/h3-5,8-10H,2,6-7H2,1H3,(H,18,19). The Balaban J connectivity index is 1.90. The summed E-state index contributed by atoms with van der Waals surface area (Å²) in [6, 6.07) is 8.95. The van der Waals surface area contributed by atoms with Gasteiger partial charge in [-0.15, -0.1) is 0 Å². The monoisotopic (exact) mass is 278 g/mol. The number of anilines is 1. The highest BCUT2D eigenvalue weighted by Gasteiger charge is 2.01. The van der Waals surface area contributed by atoms with E-state index in [1.54, 1.807) is 6.07 Å². The lowest BCUT2D eigenvalue weighted by Gasteiger charge is -2.08. The number of pyridine rings is 1. The normalized spacial score (nSPS) is 10.3. The second kappa shape index (κ2) is 6.84. The molecule has 1 aromatic heterocycles. The SMILES string of the molecule is CCOc1cccc(NCCc2cc(F)cc(F)c2)n1. The Morgan fingerprint density at radius 1 is 1.15 bits per heavy atom. The second-order valence-corrected chi connectivity index (χ2v) is 4.25. The van der Waals surface area contributed by atoms with Crippen molar-refractivity contribution in [3.05, 3.63) is 53.6 Å². The third kappa shape index (κ3) is 4.19. The zero-order valence-electron chi connectivity index (χ0n) is 11.2. The molecule has 0 amide bonds. The van der Waals surface area contributed by atoms with Crippen molar-refractivity contribution in [2.24, 2.45) is 0 Å². The molecule has 5 heteroatoms. The van der Waals surface area contributed by atoms with Crippen molar-refractivity contribution in [3.63, 3.8) is 0 Å². The van der Waals surface area contributed by atoms with Crippen LogP contribution in [-0.4, -0.2) is 18.1 Å². The smallest absolute Gasteiger partial charge is 0.215 e. The maximum absolute atomic E-state index is 13.0. The number of aromatic nitrogens is 1. The van der Waals surface area contributed by atoms with Gasteiger partial charge in [0.05, 0.1) is 6.61 Å². The fourth-order valence-electron chi connectivity index (χ4n) is 1.83. The molecule has 0 saturated carbocycles. The van der Waals surface area contributed by atoms with Crippen molar-refractivity contribution in [3.8, 4) is 5.88 Å². The van der Waals surface area contributed by atoms with Gasteiger partial charge in [-0.2, -0.15) is 4.98 Å². The van der Waals surface area contributed by atoms with E-state index in [-0.39, 0.29) is 0 Å². The summed E-state index contributed by atoms with van der Waals surface area (Å²) in [4.78, 5) is 4.25. The molecule has 0 fully saturated rings. The molecule has 0 aliphatic carbocycles. The Hall–Kier alpha value is -2.17. The molecule has 0 radical (unpaired) electrons. The molecule has 1 aromatic carbocycles. The predicted octanol–water partition coefficient (Wildman–Crippen LogP) is 3.41. The van der Waals surface area contributed by atoms with Gasteiger partial charge in [-0.25, -0.2) is 8.78 Å². The van der Waals surface area contributed by atoms with E-state index in [4.69, 9.17) is 4.74 Å². The van der Waals surface area contributed by atoms with Crippen LogP contribution in [0, 0.1) is 11.6 Å². The number of rotatable bonds is 6. The largest absolute Gasteiger partial charge is 0.478 e. The summed E-state index contributed by atoms with van der Waals surface area (Å²) in [7, 11) is 0. The number of benzene rings is 1. The Bertz CT molecular complexity index is 555. The lowest BCUT2D eigenvalue weighted by molar-refractivity contribution is 0.327. The van der Waals surface area contributed by atoms with E-state index in [1.165, 1.54) is 12.1 Å². The Labute approximate surface area is 116 Å². The molecule has 20 heavy (non-hydrogen) atoms. The molecule has 0 aliphatic rings. The van der Waals surface area contributed by atoms with E-state index < -0.39 is 11.6 Å². The zero-order chi connectivity index (χ0) is 14.4. The first-order chi connectivity index (χ1) is 9.67. The minimum Gasteiger partial charge on any atom is -0.478 e. The second-order valence-electron chi connectivity index (χ2n) is 4.25. The van der Waals surface area contributed by atoms with E-state index in [0.717, 1.165) is 6.07 Å². The fourth-order valence-corrected chi connectivity index (χ4v) is 1.83. The molecule has 0 aliphatic heterocycles. The molecule has 0 atom stereocenters. The quantitative estimate of drug-likeness (QED) is 0.879. The van der Waals surface area contributed by atoms with Gasteiger partial charge in [-0.3, -0.25) is 0 Å². The minimum atomic E-state index is -0.559. The van der Waals surface area contributed by atoms with Gasteiger partial charge < -0.3 is 10.1 Å². The molecule has 106 valence electrons. The van der Waals surface area contributed by atoms with Gasteiger partial charge in [0.1, 0.15) is 17.5 Å². The van der Waals surface area contributed by atoms with Crippen LogP contribution in [0.5, 0.6) is 5.88 Å². The van der Waals surface area contributed by atoms with E-state index in [2.05, 4.69) is 10.3 Å². The molecule has 0 unspecified atom stereocenters. The van der Waals surface area contributed by atoms with Crippen LogP contribution in [0.4, 0.5) is 14.6 Å². The summed E-state index contributed by atoms with van der Waals surface area (Å²) in [5, 5.41) is 3.09. The van der Waals surface area contributed by atoms with Gasteiger partial charge in [0.15, 0.2) is 0 Å². The van der Waals surface area contributed by atoms with Crippen molar-refractivity contribution in [1.29, 1.82) is 0 Å². The average Bonchev–Trinajstić information content (AvgIpc) is 2.38. The first-order valence-corrected chi connectivity index (χ1v) is 6.46. The van der Waals surface area contributed by atoms with Crippen molar-refractivity contribution < 1.29 is 13.5 Å². The topological polar surface area (TPSA) is 34.1 Å². The number of nitrogens with one attached hydrogen (secondary N) is 1. The fraction of sp³-hybridized carbons (Fsp3) is 0.267. The number of halogens is 2. The molecule has 1 heterocycles. The van der Waals surface area contributed by atoms with Gasteiger partial charge in [-0.05, 0) is 37.1 Å². The van der Waals surface area contributed by atoms with E-state index in [1.807, 2.05) is 19.1 Å². The van der Waals surface area contributed by atoms with E-state index in [9.17, 15) is 8.78 Å². The molecule has 2 aromatic rings. The lowest BCUT2D eigenvalue weighted by Crippen LogP contribution is -2.07. The molecule has 0 spiro atoms. The number of hydrogen-bond acceptors (Lipinski definition) is 3. The predicted molar refractivity (Wildman–Crippen MR) is 74.0 cm³/mol. The summed E-state index contributed by atoms with van der Waals surface area (Å²) in [5.41, 5.74) is 0.607. The number of nitrogens with zero attached hydrogens (tertiary/aromatic N) is 1. The van der Waals surface area contributed by atoms with Crippen LogP contribution >= 0.6 is 0 Å². The molecular formula is C15H16F2N2O. The van der Waals surface area contributed by atoms with Crippen molar-refractivity contribution in [1.82, 2.24) is 4.98 Å². The Morgan fingerprint density at radius 3 is 2.60 bits per heavy atom. The molecule has 0 bridgehead atoms. The van der Waals surface area contributed by atoms with Crippen molar-refractivity contribution in [2.45, 2.75) is 13.3 Å². The maximum atomic E-state index is 13.0. The van der Waals surface area contributed by atoms with Gasteiger partial charge >= 0.3 is 0 Å². The van der Waals surface area contributed by atoms with E-state index in [0.29, 0.717) is 36.8 Å². The maximum Gasteiger partial charge on any atom is 0.215 e. The number of hydrogen-bond donors (Lipinski definition) is 1. The molecule has 3 nitrogen and oxygen atoms in total. The highest BCUT2D eigenvalue weighted by molar-refractivity contribution is 5.37. The third-order valence-corrected chi connectivity index (χ3v) is 2.66. The van der Waals surface area contributed by atoms with Gasteiger partial charge in [0.25, 0.3) is 0 Å². The first-order valence-electron chi connectivity index (χ1n) is 6.46. The molecule has 2 rings (SSSR count). The number of ether oxygens (including phenoxy) is 1. The summed E-state index contributed by atoms with van der Waals surface area (Å²) in [6.45, 7) is 2.98. The Kier molecular flexibility index (Phi) is 4.87. The van der Waals surface area contributed by atoms with Crippen LogP contribution in [0.15, 0.2) is 36.4 Å². The van der Waals surface area contributed by atoms with Crippen molar-refractivity contribution in [2.75, 3.05) is 18.5 Å². The third-order valence-electron chi connectivity index (χ3n) is 2.66. The highest BCUT2D eigenvalue weighted by atomic mass is 19.1.